The summed E-state index contributed by atoms with van der Waals surface area (Å²) in [5.74, 6) is 1.55. The first kappa shape index (κ1) is 12.1. The van der Waals surface area contributed by atoms with Crippen molar-refractivity contribution < 1.29 is 14.3 Å². The maximum atomic E-state index is 12.1. The Kier molecular flexibility index (Phi) is 2.59. The van der Waals surface area contributed by atoms with Gasteiger partial charge in [0.1, 0.15) is 11.5 Å². The molecule has 0 radical (unpaired) electrons. The molecular formula is C14H18N2O3. The van der Waals surface area contributed by atoms with Gasteiger partial charge in [0.15, 0.2) is 5.72 Å². The molecule has 0 aromatic heterocycles. The zero-order valence-electron chi connectivity index (χ0n) is 11.4. The van der Waals surface area contributed by atoms with Gasteiger partial charge in [-0.25, -0.2) is 4.79 Å². The van der Waals surface area contributed by atoms with Crippen molar-refractivity contribution in [2.75, 3.05) is 13.7 Å². The standard InChI is InChI=1S/C14H18N2O3/c1-4-16-13(17)15-11-8-14(16,2)19-12-7-9(18-3)5-6-10(11)12/h5-7,11H,4,8H2,1-3H3,(H,15,17). The van der Waals surface area contributed by atoms with Gasteiger partial charge in [0.05, 0.1) is 13.2 Å². The summed E-state index contributed by atoms with van der Waals surface area (Å²) in [6, 6.07) is 5.67. The van der Waals surface area contributed by atoms with Gasteiger partial charge in [0, 0.05) is 24.6 Å². The minimum Gasteiger partial charge on any atom is -0.497 e. The molecule has 3 rings (SSSR count). The fourth-order valence-corrected chi connectivity index (χ4v) is 3.00. The molecule has 19 heavy (non-hydrogen) atoms. The zero-order valence-corrected chi connectivity index (χ0v) is 11.4. The van der Waals surface area contributed by atoms with Crippen LogP contribution >= 0.6 is 0 Å². The molecule has 2 amide bonds. The Morgan fingerprint density at radius 2 is 2.37 bits per heavy atom. The summed E-state index contributed by atoms with van der Waals surface area (Å²) in [6.07, 6.45) is 0.756. The number of methoxy groups -OCH3 is 1. The topological polar surface area (TPSA) is 50.8 Å². The first-order valence-electron chi connectivity index (χ1n) is 6.52. The Balaban J connectivity index is 2.06. The van der Waals surface area contributed by atoms with Gasteiger partial charge in [-0.15, -0.1) is 0 Å². The van der Waals surface area contributed by atoms with Crippen molar-refractivity contribution in [1.29, 1.82) is 0 Å². The third-order valence-corrected chi connectivity index (χ3v) is 3.94. The predicted octanol–water partition coefficient (Wildman–Crippen LogP) is 2.28. The number of benzene rings is 1. The van der Waals surface area contributed by atoms with Crippen molar-refractivity contribution in [1.82, 2.24) is 10.2 Å². The van der Waals surface area contributed by atoms with Gasteiger partial charge in [0.2, 0.25) is 0 Å². The van der Waals surface area contributed by atoms with E-state index in [-0.39, 0.29) is 12.1 Å². The smallest absolute Gasteiger partial charge is 0.320 e. The van der Waals surface area contributed by atoms with Gasteiger partial charge < -0.3 is 14.8 Å². The van der Waals surface area contributed by atoms with Crippen molar-refractivity contribution in [2.24, 2.45) is 0 Å². The van der Waals surface area contributed by atoms with E-state index in [1.54, 1.807) is 12.0 Å². The fraction of sp³-hybridized carbons (Fsp3) is 0.500. The minimum atomic E-state index is -0.582. The molecule has 0 spiro atoms. The van der Waals surface area contributed by atoms with Crippen LogP contribution in [-0.2, 0) is 0 Å². The average Bonchev–Trinajstić information content (AvgIpc) is 2.37. The Morgan fingerprint density at radius 3 is 3.05 bits per heavy atom. The molecule has 1 aromatic carbocycles. The van der Waals surface area contributed by atoms with Crippen LogP contribution in [-0.4, -0.2) is 30.3 Å². The van der Waals surface area contributed by atoms with E-state index in [1.807, 2.05) is 32.0 Å². The summed E-state index contributed by atoms with van der Waals surface area (Å²) < 4.78 is 11.3. The van der Waals surface area contributed by atoms with Crippen LogP contribution in [0.5, 0.6) is 11.5 Å². The first-order valence-corrected chi connectivity index (χ1v) is 6.52. The highest BCUT2D eigenvalue weighted by Gasteiger charge is 2.48. The number of rotatable bonds is 2. The number of amides is 2. The lowest BCUT2D eigenvalue weighted by atomic mass is 9.90. The Morgan fingerprint density at radius 1 is 1.58 bits per heavy atom. The molecule has 2 aliphatic rings. The molecule has 1 saturated heterocycles. The van der Waals surface area contributed by atoms with E-state index in [0.29, 0.717) is 6.54 Å². The third kappa shape index (κ3) is 1.72. The molecular weight excluding hydrogens is 244 g/mol. The summed E-state index contributed by atoms with van der Waals surface area (Å²) in [5.41, 5.74) is 0.434. The summed E-state index contributed by atoms with van der Waals surface area (Å²) in [6.45, 7) is 4.54. The molecule has 2 atom stereocenters. The summed E-state index contributed by atoms with van der Waals surface area (Å²) in [4.78, 5) is 13.8. The Hall–Kier alpha value is -1.91. The number of ether oxygens (including phenoxy) is 2. The highest BCUT2D eigenvalue weighted by molar-refractivity contribution is 5.77. The van der Waals surface area contributed by atoms with Crippen LogP contribution in [0.2, 0.25) is 0 Å². The number of carbonyl (C=O) groups is 1. The van der Waals surface area contributed by atoms with E-state index in [9.17, 15) is 4.79 Å². The number of nitrogens with zero attached hydrogens (tertiary/aromatic N) is 1. The molecule has 2 unspecified atom stereocenters. The number of hydrogen-bond donors (Lipinski definition) is 1. The first-order chi connectivity index (χ1) is 9.07. The van der Waals surface area contributed by atoms with Crippen LogP contribution < -0.4 is 14.8 Å². The molecule has 1 fully saturated rings. The molecule has 5 nitrogen and oxygen atoms in total. The fourth-order valence-electron chi connectivity index (χ4n) is 3.00. The van der Waals surface area contributed by atoms with Gasteiger partial charge >= 0.3 is 6.03 Å². The molecule has 102 valence electrons. The number of fused-ring (bicyclic) bond motifs is 4. The molecule has 5 heteroatoms. The van der Waals surface area contributed by atoms with Gasteiger partial charge in [-0.1, -0.05) is 0 Å². The highest BCUT2D eigenvalue weighted by Crippen LogP contribution is 2.44. The lowest BCUT2D eigenvalue weighted by Gasteiger charge is -2.50. The largest absolute Gasteiger partial charge is 0.497 e. The molecule has 1 N–H and O–H groups in total. The monoisotopic (exact) mass is 262 g/mol. The Labute approximate surface area is 112 Å². The van der Waals surface area contributed by atoms with Crippen molar-refractivity contribution in [3.63, 3.8) is 0 Å². The minimum absolute atomic E-state index is 0.00922. The summed E-state index contributed by atoms with van der Waals surface area (Å²) in [5, 5.41) is 3.03. The lowest BCUT2D eigenvalue weighted by Crippen LogP contribution is -2.64. The van der Waals surface area contributed by atoms with Gasteiger partial charge in [0.25, 0.3) is 0 Å². The van der Waals surface area contributed by atoms with Crippen molar-refractivity contribution in [3.8, 4) is 11.5 Å². The number of nitrogens with one attached hydrogen (secondary N) is 1. The second kappa shape index (κ2) is 4.05. The van der Waals surface area contributed by atoms with Crippen LogP contribution in [0.15, 0.2) is 18.2 Å². The molecule has 0 saturated carbocycles. The van der Waals surface area contributed by atoms with E-state index < -0.39 is 5.72 Å². The van der Waals surface area contributed by atoms with Crippen LogP contribution in [0, 0.1) is 0 Å². The van der Waals surface area contributed by atoms with Crippen LogP contribution in [0.3, 0.4) is 0 Å². The SMILES string of the molecule is CCN1C(=O)NC2CC1(C)Oc1cc(OC)ccc12. The summed E-state index contributed by atoms with van der Waals surface area (Å²) in [7, 11) is 1.63. The van der Waals surface area contributed by atoms with E-state index >= 15 is 0 Å². The van der Waals surface area contributed by atoms with Crippen molar-refractivity contribution >= 4 is 6.03 Å². The van der Waals surface area contributed by atoms with E-state index in [2.05, 4.69) is 5.32 Å². The van der Waals surface area contributed by atoms with E-state index in [1.165, 1.54) is 0 Å². The van der Waals surface area contributed by atoms with Gasteiger partial charge in [-0.3, -0.25) is 4.90 Å². The lowest BCUT2D eigenvalue weighted by molar-refractivity contribution is -0.0816. The van der Waals surface area contributed by atoms with E-state index in [4.69, 9.17) is 9.47 Å². The van der Waals surface area contributed by atoms with Gasteiger partial charge in [-0.05, 0) is 26.0 Å². The maximum absolute atomic E-state index is 12.1. The number of carbonyl (C=O) groups excluding carboxylic acids is 1. The van der Waals surface area contributed by atoms with Crippen LogP contribution in [0.1, 0.15) is 31.9 Å². The zero-order chi connectivity index (χ0) is 13.6. The van der Waals surface area contributed by atoms with Crippen LogP contribution in [0.4, 0.5) is 4.79 Å². The highest BCUT2D eigenvalue weighted by atomic mass is 16.5. The van der Waals surface area contributed by atoms with Crippen LogP contribution in [0.25, 0.3) is 0 Å². The second-order valence-corrected chi connectivity index (χ2v) is 5.13. The predicted molar refractivity (Wildman–Crippen MR) is 70.3 cm³/mol. The van der Waals surface area contributed by atoms with Crippen molar-refractivity contribution in [3.05, 3.63) is 23.8 Å². The van der Waals surface area contributed by atoms with E-state index in [0.717, 1.165) is 23.5 Å². The Bertz CT molecular complexity index is 531. The quantitative estimate of drug-likeness (QED) is 0.889. The normalized spacial score (nSPS) is 28.3. The van der Waals surface area contributed by atoms with Gasteiger partial charge in [-0.2, -0.15) is 0 Å². The maximum Gasteiger partial charge on any atom is 0.320 e. The molecule has 0 aliphatic carbocycles. The average molecular weight is 262 g/mol. The number of urea groups is 1. The third-order valence-electron chi connectivity index (χ3n) is 3.94. The van der Waals surface area contributed by atoms with Crippen molar-refractivity contribution in [2.45, 2.75) is 32.0 Å². The molecule has 2 heterocycles. The summed E-state index contributed by atoms with van der Waals surface area (Å²) >= 11 is 0. The second-order valence-electron chi connectivity index (χ2n) is 5.13. The molecule has 2 bridgehead atoms. The molecule has 1 aromatic rings. The number of hydrogen-bond acceptors (Lipinski definition) is 3. The molecule has 2 aliphatic heterocycles.